The third-order valence-corrected chi connectivity index (χ3v) is 6.18. The smallest absolute Gasteiger partial charge is 0.111 e. The van der Waals surface area contributed by atoms with E-state index in [0.717, 1.165) is 17.8 Å². The van der Waals surface area contributed by atoms with E-state index in [9.17, 15) is 5.26 Å². The SMILES string of the molecule is CN(C)C(C)(C#N)C12CC3CC(CC(C3)C1)C2. The molecule has 2 nitrogen and oxygen atoms in total. The lowest BCUT2D eigenvalue weighted by Gasteiger charge is -2.62. The van der Waals surface area contributed by atoms with Crippen molar-refractivity contribution in [1.82, 2.24) is 4.90 Å². The van der Waals surface area contributed by atoms with Gasteiger partial charge in [0.1, 0.15) is 5.54 Å². The molecule has 4 aliphatic rings. The molecule has 4 fully saturated rings. The van der Waals surface area contributed by atoms with Crippen LogP contribution in [0.15, 0.2) is 0 Å². The molecule has 0 saturated heterocycles. The molecule has 0 amide bonds. The maximum Gasteiger partial charge on any atom is 0.111 e. The number of nitrogens with zero attached hydrogens (tertiary/aromatic N) is 2. The van der Waals surface area contributed by atoms with Crippen LogP contribution in [0.3, 0.4) is 0 Å². The molecule has 1 atom stereocenters. The average molecular weight is 232 g/mol. The lowest BCUT2D eigenvalue weighted by molar-refractivity contribution is -0.112. The van der Waals surface area contributed by atoms with Crippen molar-refractivity contribution >= 4 is 0 Å². The number of hydrogen-bond donors (Lipinski definition) is 0. The molecule has 0 radical (unpaired) electrons. The van der Waals surface area contributed by atoms with Gasteiger partial charge >= 0.3 is 0 Å². The summed E-state index contributed by atoms with van der Waals surface area (Å²) in [6.07, 6.45) is 8.28. The van der Waals surface area contributed by atoms with Gasteiger partial charge in [0, 0.05) is 5.41 Å². The second-order valence-corrected chi connectivity index (χ2v) is 7.28. The summed E-state index contributed by atoms with van der Waals surface area (Å²) in [6.45, 7) is 2.18. The Morgan fingerprint density at radius 2 is 1.47 bits per heavy atom. The Morgan fingerprint density at radius 1 is 1.06 bits per heavy atom. The summed E-state index contributed by atoms with van der Waals surface area (Å²) in [5.74, 6) is 2.77. The van der Waals surface area contributed by atoms with Gasteiger partial charge in [-0.15, -0.1) is 0 Å². The minimum atomic E-state index is -0.261. The Balaban J connectivity index is 1.99. The molecule has 4 aliphatic carbocycles. The highest BCUT2D eigenvalue weighted by Crippen LogP contribution is 2.64. The van der Waals surface area contributed by atoms with Gasteiger partial charge in [0.15, 0.2) is 0 Å². The molecular formula is C15H24N2. The topological polar surface area (TPSA) is 27.0 Å². The molecule has 0 aromatic rings. The van der Waals surface area contributed by atoms with E-state index in [1.165, 1.54) is 38.5 Å². The zero-order valence-corrected chi connectivity index (χ0v) is 11.4. The van der Waals surface area contributed by atoms with E-state index >= 15 is 0 Å². The van der Waals surface area contributed by atoms with Crippen molar-refractivity contribution in [3.8, 4) is 6.07 Å². The fourth-order valence-electron chi connectivity index (χ4n) is 5.40. The summed E-state index contributed by atoms with van der Waals surface area (Å²) in [6, 6.07) is 2.66. The van der Waals surface area contributed by atoms with Crippen molar-refractivity contribution in [2.24, 2.45) is 23.2 Å². The van der Waals surface area contributed by atoms with Crippen LogP contribution in [0.2, 0.25) is 0 Å². The predicted molar refractivity (Wildman–Crippen MR) is 68.3 cm³/mol. The Hall–Kier alpha value is -0.550. The van der Waals surface area contributed by atoms with Gasteiger partial charge in [-0.1, -0.05) is 0 Å². The molecule has 4 rings (SSSR count). The van der Waals surface area contributed by atoms with Gasteiger partial charge < -0.3 is 0 Å². The fourth-order valence-corrected chi connectivity index (χ4v) is 5.40. The molecule has 0 spiro atoms. The molecule has 0 aromatic heterocycles. The van der Waals surface area contributed by atoms with Gasteiger partial charge in [0.2, 0.25) is 0 Å². The van der Waals surface area contributed by atoms with E-state index in [-0.39, 0.29) is 5.54 Å². The first-order valence-corrected chi connectivity index (χ1v) is 7.08. The zero-order valence-electron chi connectivity index (χ0n) is 11.4. The first-order valence-electron chi connectivity index (χ1n) is 7.08. The van der Waals surface area contributed by atoms with Gasteiger partial charge in [-0.3, -0.25) is 4.90 Å². The van der Waals surface area contributed by atoms with E-state index in [1.807, 2.05) is 0 Å². The average Bonchev–Trinajstić information content (AvgIpc) is 2.25. The Morgan fingerprint density at radius 3 is 1.76 bits per heavy atom. The van der Waals surface area contributed by atoms with Crippen LogP contribution < -0.4 is 0 Å². The lowest BCUT2D eigenvalue weighted by Crippen LogP contribution is -2.61. The monoisotopic (exact) mass is 232 g/mol. The minimum Gasteiger partial charge on any atom is -0.291 e. The van der Waals surface area contributed by atoms with Gasteiger partial charge in [-0.25, -0.2) is 0 Å². The van der Waals surface area contributed by atoms with E-state index in [0.29, 0.717) is 5.41 Å². The van der Waals surface area contributed by atoms with Gasteiger partial charge in [-0.05, 0) is 77.3 Å². The Labute approximate surface area is 105 Å². The van der Waals surface area contributed by atoms with Gasteiger partial charge in [-0.2, -0.15) is 5.26 Å². The summed E-state index contributed by atoms with van der Waals surface area (Å²) >= 11 is 0. The molecular weight excluding hydrogens is 208 g/mol. The summed E-state index contributed by atoms with van der Waals surface area (Å²) in [5, 5.41) is 9.72. The highest BCUT2D eigenvalue weighted by molar-refractivity contribution is 5.20. The zero-order chi connectivity index (χ0) is 12.3. The highest BCUT2D eigenvalue weighted by atomic mass is 15.2. The van der Waals surface area contributed by atoms with Crippen molar-refractivity contribution < 1.29 is 0 Å². The van der Waals surface area contributed by atoms with Crippen LogP contribution in [0, 0.1) is 34.5 Å². The lowest BCUT2D eigenvalue weighted by atomic mass is 9.45. The van der Waals surface area contributed by atoms with Crippen molar-refractivity contribution in [3.05, 3.63) is 0 Å². The van der Waals surface area contributed by atoms with Crippen molar-refractivity contribution in [1.29, 1.82) is 5.26 Å². The summed E-state index contributed by atoms with van der Waals surface area (Å²) in [5.41, 5.74) is 0.0308. The minimum absolute atomic E-state index is 0.261. The van der Waals surface area contributed by atoms with Crippen LogP contribution in [-0.4, -0.2) is 24.5 Å². The number of rotatable bonds is 2. The maximum absolute atomic E-state index is 9.72. The van der Waals surface area contributed by atoms with Gasteiger partial charge in [0.05, 0.1) is 6.07 Å². The molecule has 94 valence electrons. The molecule has 17 heavy (non-hydrogen) atoms. The van der Waals surface area contributed by atoms with Crippen LogP contribution in [0.4, 0.5) is 0 Å². The van der Waals surface area contributed by atoms with E-state index in [1.54, 1.807) is 0 Å². The second kappa shape index (κ2) is 3.48. The van der Waals surface area contributed by atoms with Crippen LogP contribution >= 0.6 is 0 Å². The molecule has 2 heteroatoms. The summed E-state index contributed by atoms with van der Waals surface area (Å²) in [7, 11) is 4.17. The fraction of sp³-hybridized carbons (Fsp3) is 0.933. The third kappa shape index (κ3) is 1.41. The number of nitriles is 1. The predicted octanol–water partition coefficient (Wildman–Crippen LogP) is 3.05. The van der Waals surface area contributed by atoms with E-state index in [4.69, 9.17) is 0 Å². The molecule has 0 aromatic carbocycles. The van der Waals surface area contributed by atoms with Crippen molar-refractivity contribution in [2.75, 3.05) is 14.1 Å². The van der Waals surface area contributed by atoms with E-state index < -0.39 is 0 Å². The summed E-state index contributed by atoms with van der Waals surface area (Å²) < 4.78 is 0. The van der Waals surface area contributed by atoms with E-state index in [2.05, 4.69) is 32.0 Å². The normalized spacial score (nSPS) is 46.9. The number of hydrogen-bond acceptors (Lipinski definition) is 2. The Kier molecular flexibility index (Phi) is 2.36. The van der Waals surface area contributed by atoms with Crippen molar-refractivity contribution in [3.63, 3.8) is 0 Å². The first kappa shape index (κ1) is 11.5. The highest BCUT2D eigenvalue weighted by Gasteiger charge is 2.59. The quantitative estimate of drug-likeness (QED) is 0.731. The first-order chi connectivity index (χ1) is 7.99. The molecule has 1 unspecified atom stereocenters. The van der Waals surface area contributed by atoms with Gasteiger partial charge in [0.25, 0.3) is 0 Å². The molecule has 0 heterocycles. The third-order valence-electron chi connectivity index (χ3n) is 6.18. The maximum atomic E-state index is 9.72. The van der Waals surface area contributed by atoms with Crippen LogP contribution in [0.25, 0.3) is 0 Å². The summed E-state index contributed by atoms with van der Waals surface area (Å²) in [4.78, 5) is 2.18. The molecule has 4 bridgehead atoms. The standard InChI is InChI=1S/C15H24N2/c1-14(10-16,17(2)3)15-7-11-4-12(8-15)6-13(5-11)9-15/h11-13H,4-9H2,1-3H3. The second-order valence-electron chi connectivity index (χ2n) is 7.28. The van der Waals surface area contributed by atoms with Crippen molar-refractivity contribution in [2.45, 2.75) is 51.0 Å². The molecule has 4 saturated carbocycles. The van der Waals surface area contributed by atoms with Crippen LogP contribution in [0.5, 0.6) is 0 Å². The molecule has 0 N–H and O–H groups in total. The largest absolute Gasteiger partial charge is 0.291 e. The van der Waals surface area contributed by atoms with Crippen LogP contribution in [-0.2, 0) is 0 Å². The Bertz CT molecular complexity index is 330. The molecule has 0 aliphatic heterocycles. The van der Waals surface area contributed by atoms with Crippen LogP contribution in [0.1, 0.15) is 45.4 Å².